The predicted octanol–water partition coefficient (Wildman–Crippen LogP) is 1.56. The first-order valence-electron chi connectivity index (χ1n) is 4.27. The van der Waals surface area contributed by atoms with Gasteiger partial charge in [-0.25, -0.2) is 0 Å². The van der Waals surface area contributed by atoms with E-state index in [1.165, 1.54) is 0 Å². The molecule has 5 nitrogen and oxygen atoms in total. The van der Waals surface area contributed by atoms with E-state index >= 15 is 0 Å². The van der Waals surface area contributed by atoms with Crippen LogP contribution in [-0.2, 0) is 20.0 Å². The van der Waals surface area contributed by atoms with Crippen LogP contribution in [0.25, 0.3) is 11.4 Å². The van der Waals surface area contributed by atoms with E-state index in [1.54, 1.807) is 10.9 Å². The molecule has 2 heterocycles. The summed E-state index contributed by atoms with van der Waals surface area (Å²) in [5, 5.41) is 12.3. The number of aromatic nitrogens is 5. The molecule has 0 aliphatic rings. The van der Waals surface area contributed by atoms with Gasteiger partial charge in [0.2, 0.25) is 0 Å². The van der Waals surface area contributed by atoms with Gasteiger partial charge in [-0.1, -0.05) is 0 Å². The molecule has 0 aromatic carbocycles. The first kappa shape index (κ1) is 10.9. The minimum atomic E-state index is 0.361. The Hall–Kier alpha value is -0.630. The van der Waals surface area contributed by atoms with Gasteiger partial charge in [0.05, 0.1) is 17.6 Å². The molecule has 2 rings (SSSR count). The van der Waals surface area contributed by atoms with Crippen molar-refractivity contribution in [2.24, 2.45) is 14.1 Å². The van der Waals surface area contributed by atoms with Gasteiger partial charge in [-0.2, -0.15) is 5.10 Å². The normalized spacial score (nSPS) is 10.9. The van der Waals surface area contributed by atoms with Gasteiger partial charge in [0.15, 0.2) is 5.82 Å². The second-order valence-electron chi connectivity index (χ2n) is 3.11. The van der Waals surface area contributed by atoms with Crippen molar-refractivity contribution in [1.29, 1.82) is 0 Å². The third kappa shape index (κ3) is 1.76. The Balaban J connectivity index is 2.54. The predicted molar refractivity (Wildman–Crippen MR) is 65.5 cm³/mol. The second kappa shape index (κ2) is 4.09. The molecule has 15 heavy (non-hydrogen) atoms. The topological polar surface area (TPSA) is 48.5 Å². The Bertz CT molecular complexity index is 489. The van der Waals surface area contributed by atoms with E-state index < -0.39 is 0 Å². The van der Waals surface area contributed by atoms with E-state index in [4.69, 9.17) is 11.6 Å². The van der Waals surface area contributed by atoms with Gasteiger partial charge in [0, 0.05) is 14.1 Å². The highest BCUT2D eigenvalue weighted by Gasteiger charge is 2.15. The number of halogens is 2. The number of nitrogens with zero attached hydrogens (tertiary/aromatic N) is 5. The molecule has 0 amide bonds. The van der Waals surface area contributed by atoms with E-state index in [-0.39, 0.29) is 0 Å². The van der Waals surface area contributed by atoms with Crippen LogP contribution in [0.4, 0.5) is 0 Å². The average molecular weight is 338 g/mol. The van der Waals surface area contributed by atoms with Crippen LogP contribution in [0, 0.1) is 3.70 Å². The monoisotopic (exact) mass is 337 g/mol. The highest BCUT2D eigenvalue weighted by Crippen LogP contribution is 2.22. The highest BCUT2D eigenvalue weighted by molar-refractivity contribution is 14.1. The highest BCUT2D eigenvalue weighted by atomic mass is 127. The van der Waals surface area contributed by atoms with E-state index in [0.717, 1.165) is 20.9 Å². The summed E-state index contributed by atoms with van der Waals surface area (Å²) in [5.41, 5.74) is 0.976. The summed E-state index contributed by atoms with van der Waals surface area (Å²) in [6.07, 6.45) is 1.78. The molecule has 0 atom stereocenters. The zero-order valence-corrected chi connectivity index (χ0v) is 11.2. The van der Waals surface area contributed by atoms with Crippen molar-refractivity contribution in [3.05, 3.63) is 15.7 Å². The maximum absolute atomic E-state index is 5.73. The van der Waals surface area contributed by atoms with Crippen molar-refractivity contribution in [3.8, 4) is 11.4 Å². The first-order valence-corrected chi connectivity index (χ1v) is 5.88. The van der Waals surface area contributed by atoms with Gasteiger partial charge in [-0.15, -0.1) is 21.8 Å². The molecule has 7 heteroatoms. The third-order valence-corrected chi connectivity index (χ3v) is 3.71. The molecule has 80 valence electrons. The molecule has 2 aromatic heterocycles. The van der Waals surface area contributed by atoms with E-state index in [9.17, 15) is 0 Å². The quantitative estimate of drug-likeness (QED) is 0.617. The largest absolute Gasteiger partial charge is 0.313 e. The zero-order valence-electron chi connectivity index (χ0n) is 8.28. The SMILES string of the molecule is Cn1ncc(-c2nnc(CCl)n2C)c1I. The van der Waals surface area contributed by atoms with Crippen molar-refractivity contribution in [2.75, 3.05) is 0 Å². The van der Waals surface area contributed by atoms with Crippen LogP contribution in [-0.4, -0.2) is 24.5 Å². The Morgan fingerprint density at radius 2 is 2.13 bits per heavy atom. The van der Waals surface area contributed by atoms with E-state index in [1.807, 2.05) is 18.7 Å². The molecule has 0 spiro atoms. The summed E-state index contributed by atoms with van der Waals surface area (Å²) < 4.78 is 4.71. The maximum Gasteiger partial charge on any atom is 0.168 e. The maximum atomic E-state index is 5.73. The van der Waals surface area contributed by atoms with Gasteiger partial charge in [0.25, 0.3) is 0 Å². The van der Waals surface area contributed by atoms with Crippen molar-refractivity contribution in [2.45, 2.75) is 5.88 Å². The molecule has 0 aliphatic heterocycles. The fourth-order valence-electron chi connectivity index (χ4n) is 1.29. The smallest absolute Gasteiger partial charge is 0.168 e. The molecule has 0 aliphatic carbocycles. The number of alkyl halides is 1. The molecule has 0 bridgehead atoms. The zero-order chi connectivity index (χ0) is 11.0. The van der Waals surface area contributed by atoms with E-state index in [2.05, 4.69) is 37.9 Å². The van der Waals surface area contributed by atoms with Crippen LogP contribution in [0.1, 0.15) is 5.82 Å². The molecular formula is C8H9ClIN5. The van der Waals surface area contributed by atoms with Crippen LogP contribution in [0.15, 0.2) is 6.20 Å². The fraction of sp³-hybridized carbons (Fsp3) is 0.375. The first-order chi connectivity index (χ1) is 7.15. The number of rotatable bonds is 2. The van der Waals surface area contributed by atoms with Gasteiger partial charge in [0.1, 0.15) is 9.53 Å². The lowest BCUT2D eigenvalue weighted by Crippen LogP contribution is -1.98. The van der Waals surface area contributed by atoms with Gasteiger partial charge < -0.3 is 4.57 Å². The van der Waals surface area contributed by atoms with Crippen molar-refractivity contribution < 1.29 is 0 Å². The van der Waals surface area contributed by atoms with Gasteiger partial charge in [-0.3, -0.25) is 4.68 Å². The number of aryl methyl sites for hydroxylation is 1. The van der Waals surface area contributed by atoms with Gasteiger partial charge >= 0.3 is 0 Å². The summed E-state index contributed by atoms with van der Waals surface area (Å²) >= 11 is 7.96. The summed E-state index contributed by atoms with van der Waals surface area (Å²) in [6, 6.07) is 0. The van der Waals surface area contributed by atoms with Crippen LogP contribution in [0.5, 0.6) is 0 Å². The Labute approximate surface area is 106 Å². The number of hydrogen-bond acceptors (Lipinski definition) is 3. The third-order valence-electron chi connectivity index (χ3n) is 2.19. The molecule has 0 fully saturated rings. The lowest BCUT2D eigenvalue weighted by atomic mass is 10.3. The standard InChI is InChI=1S/C8H9ClIN5/c1-14-6(3-9)12-13-8(14)5-4-11-15(2)7(5)10/h4H,3H2,1-2H3. The Morgan fingerprint density at radius 1 is 1.40 bits per heavy atom. The summed E-state index contributed by atoms with van der Waals surface area (Å²) in [6.45, 7) is 0. The van der Waals surface area contributed by atoms with Crippen molar-refractivity contribution in [1.82, 2.24) is 24.5 Å². The minimum absolute atomic E-state index is 0.361. The molecule has 0 saturated heterocycles. The van der Waals surface area contributed by atoms with Crippen LogP contribution < -0.4 is 0 Å². The molecule has 0 unspecified atom stereocenters. The van der Waals surface area contributed by atoms with Crippen molar-refractivity contribution in [3.63, 3.8) is 0 Å². The van der Waals surface area contributed by atoms with Crippen LogP contribution in [0.2, 0.25) is 0 Å². The summed E-state index contributed by atoms with van der Waals surface area (Å²) in [4.78, 5) is 0. The Kier molecular flexibility index (Phi) is 2.96. The second-order valence-corrected chi connectivity index (χ2v) is 4.39. The molecule has 0 N–H and O–H groups in total. The van der Waals surface area contributed by atoms with Gasteiger partial charge in [-0.05, 0) is 22.6 Å². The van der Waals surface area contributed by atoms with Crippen LogP contribution >= 0.6 is 34.2 Å². The average Bonchev–Trinajstić information content (AvgIpc) is 2.73. The fourth-order valence-corrected chi connectivity index (χ4v) is 2.02. The van der Waals surface area contributed by atoms with Crippen LogP contribution in [0.3, 0.4) is 0 Å². The molecular weight excluding hydrogens is 328 g/mol. The molecule has 0 radical (unpaired) electrons. The van der Waals surface area contributed by atoms with E-state index in [0.29, 0.717) is 5.88 Å². The molecule has 2 aromatic rings. The lowest BCUT2D eigenvalue weighted by Gasteiger charge is -2.00. The van der Waals surface area contributed by atoms with Crippen molar-refractivity contribution >= 4 is 34.2 Å². The molecule has 0 saturated carbocycles. The number of hydrogen-bond donors (Lipinski definition) is 0. The summed E-state index contributed by atoms with van der Waals surface area (Å²) in [5.74, 6) is 1.91. The summed E-state index contributed by atoms with van der Waals surface area (Å²) in [7, 11) is 3.79. The minimum Gasteiger partial charge on any atom is -0.313 e. The lowest BCUT2D eigenvalue weighted by molar-refractivity contribution is 0.747. The Morgan fingerprint density at radius 3 is 2.60 bits per heavy atom.